The monoisotopic (exact) mass is 418 g/mol. The maximum atomic E-state index is 6.11. The van der Waals surface area contributed by atoms with Gasteiger partial charge in [0, 0.05) is 29.6 Å². The second-order valence-electron chi connectivity index (χ2n) is 8.00. The molecule has 0 amide bonds. The van der Waals surface area contributed by atoms with Crippen molar-refractivity contribution in [1.29, 1.82) is 0 Å². The molecule has 2 aliphatic rings. The summed E-state index contributed by atoms with van der Waals surface area (Å²) in [5, 5.41) is 4.97. The van der Waals surface area contributed by atoms with Crippen molar-refractivity contribution < 1.29 is 4.74 Å². The summed E-state index contributed by atoms with van der Waals surface area (Å²) in [6.07, 6.45) is 20.3. The average molecular weight is 419 g/mol. The average Bonchev–Trinajstić information content (AvgIpc) is 3.00. The van der Waals surface area contributed by atoms with E-state index in [0.717, 1.165) is 57.6 Å². The van der Waals surface area contributed by atoms with Gasteiger partial charge in [0.2, 0.25) is 0 Å². The molecule has 0 saturated carbocycles. The number of H-pyrrole nitrogens is 1. The summed E-state index contributed by atoms with van der Waals surface area (Å²) in [7, 11) is 0. The minimum atomic E-state index is 0.417. The first-order valence-electron chi connectivity index (χ1n) is 12.0. The van der Waals surface area contributed by atoms with E-state index in [4.69, 9.17) is 4.74 Å². The highest BCUT2D eigenvalue weighted by atomic mass is 16.5. The van der Waals surface area contributed by atoms with Gasteiger partial charge >= 0.3 is 0 Å². The number of aromatic nitrogens is 1. The summed E-state index contributed by atoms with van der Waals surface area (Å²) in [4.78, 5) is 3.67. The number of allylic oxidation sites excluding steroid dienone is 7. The molecule has 0 fully saturated rings. The molecule has 4 rings (SSSR count). The molecule has 3 heteroatoms. The van der Waals surface area contributed by atoms with Gasteiger partial charge < -0.3 is 15.0 Å². The summed E-state index contributed by atoms with van der Waals surface area (Å²) in [5.41, 5.74) is 5.68. The van der Waals surface area contributed by atoms with Crippen LogP contribution in [0.4, 0.5) is 0 Å². The van der Waals surface area contributed by atoms with Crippen molar-refractivity contribution >= 4 is 10.9 Å². The summed E-state index contributed by atoms with van der Waals surface area (Å²) >= 11 is 0. The molecule has 31 heavy (non-hydrogen) atoms. The Morgan fingerprint density at radius 1 is 1.06 bits per heavy atom. The lowest BCUT2D eigenvalue weighted by atomic mass is 9.99. The lowest BCUT2D eigenvalue weighted by Gasteiger charge is -2.10. The van der Waals surface area contributed by atoms with E-state index in [1.165, 1.54) is 27.7 Å². The molecule has 0 bridgehead atoms. The first kappa shape index (κ1) is 23.1. The lowest BCUT2D eigenvalue weighted by molar-refractivity contribution is 0.219. The Labute approximate surface area is 188 Å². The number of rotatable bonds is 5. The van der Waals surface area contributed by atoms with Crippen molar-refractivity contribution in [3.63, 3.8) is 0 Å². The van der Waals surface area contributed by atoms with Gasteiger partial charge in [0.25, 0.3) is 0 Å². The van der Waals surface area contributed by atoms with Crippen molar-refractivity contribution in [3.05, 3.63) is 83.3 Å². The third kappa shape index (κ3) is 6.48. The Balaban J connectivity index is 0.00000132. The molecule has 2 aromatic rings. The molecule has 1 aliphatic heterocycles. The van der Waals surface area contributed by atoms with Gasteiger partial charge in [-0.2, -0.15) is 0 Å². The molecule has 1 aromatic carbocycles. The number of fused-ring (bicyclic) bond motifs is 3. The van der Waals surface area contributed by atoms with Gasteiger partial charge in [-0.25, -0.2) is 0 Å². The van der Waals surface area contributed by atoms with Gasteiger partial charge in [0.05, 0.1) is 6.61 Å². The van der Waals surface area contributed by atoms with Gasteiger partial charge in [-0.05, 0) is 67.5 Å². The van der Waals surface area contributed by atoms with E-state index in [-0.39, 0.29) is 0 Å². The SMILES string of the molecule is CC.CC1/C=C\C=C/C/C=C(OCCCc2cccc3[nH]c4c(c23)CCNCC4)\C=C/1. The minimum absolute atomic E-state index is 0.417. The predicted molar refractivity (Wildman–Crippen MR) is 133 cm³/mol. The van der Waals surface area contributed by atoms with Crippen LogP contribution in [0.3, 0.4) is 0 Å². The van der Waals surface area contributed by atoms with Crippen LogP contribution in [0.15, 0.2) is 66.5 Å². The Morgan fingerprint density at radius 2 is 1.94 bits per heavy atom. The number of hydrogen-bond acceptors (Lipinski definition) is 2. The molecule has 0 saturated heterocycles. The molecule has 2 heterocycles. The smallest absolute Gasteiger partial charge is 0.115 e. The van der Waals surface area contributed by atoms with Gasteiger partial charge in [-0.1, -0.05) is 63.3 Å². The number of ether oxygens (including phenoxy) is 1. The zero-order chi connectivity index (χ0) is 21.9. The van der Waals surface area contributed by atoms with Gasteiger partial charge in [-0.3, -0.25) is 0 Å². The van der Waals surface area contributed by atoms with E-state index < -0.39 is 0 Å². The van der Waals surface area contributed by atoms with E-state index in [1.54, 1.807) is 0 Å². The van der Waals surface area contributed by atoms with Crippen LogP contribution in [0.2, 0.25) is 0 Å². The predicted octanol–water partition coefficient (Wildman–Crippen LogP) is 6.42. The second kappa shape index (κ2) is 12.4. The molecule has 166 valence electrons. The summed E-state index contributed by atoms with van der Waals surface area (Å²) in [6, 6.07) is 6.69. The molecular formula is C28H38N2O. The highest BCUT2D eigenvalue weighted by Gasteiger charge is 2.16. The fourth-order valence-corrected chi connectivity index (χ4v) is 4.22. The second-order valence-corrected chi connectivity index (χ2v) is 8.00. The summed E-state index contributed by atoms with van der Waals surface area (Å²) in [6.45, 7) is 9.07. The number of nitrogens with one attached hydrogen (secondary N) is 2. The minimum Gasteiger partial charge on any atom is -0.494 e. The van der Waals surface area contributed by atoms with Crippen molar-refractivity contribution in [2.75, 3.05) is 19.7 Å². The van der Waals surface area contributed by atoms with E-state index in [9.17, 15) is 0 Å². The van der Waals surface area contributed by atoms with Gasteiger partial charge in [-0.15, -0.1) is 0 Å². The largest absolute Gasteiger partial charge is 0.494 e. The molecule has 1 atom stereocenters. The Bertz CT molecular complexity index is 945. The third-order valence-corrected chi connectivity index (χ3v) is 5.75. The third-order valence-electron chi connectivity index (χ3n) is 5.75. The van der Waals surface area contributed by atoms with E-state index in [0.29, 0.717) is 5.92 Å². The summed E-state index contributed by atoms with van der Waals surface area (Å²) < 4.78 is 6.11. The standard InChI is InChI=1S/C26H32N2O.C2H6/c1-20-8-4-2-3-5-11-22(14-13-20)29-19-7-10-21-9-6-12-25-26(21)23-15-17-27-18-16-24(23)28-25;1-2/h2-4,6,8-9,11-14,20,27-28H,5,7,10,15-19H2,1H3;1-2H3/b3-2-,8-4-,14-13-,22-11+;. The summed E-state index contributed by atoms with van der Waals surface area (Å²) in [5.74, 6) is 1.40. The van der Waals surface area contributed by atoms with Crippen LogP contribution in [0.5, 0.6) is 0 Å². The highest BCUT2D eigenvalue weighted by molar-refractivity contribution is 5.88. The molecule has 0 radical (unpaired) electrons. The Morgan fingerprint density at radius 3 is 2.84 bits per heavy atom. The van der Waals surface area contributed by atoms with E-state index in [1.807, 2.05) is 13.8 Å². The molecule has 1 unspecified atom stereocenters. The molecule has 2 N–H and O–H groups in total. The maximum absolute atomic E-state index is 6.11. The molecular weight excluding hydrogens is 380 g/mol. The van der Waals surface area contributed by atoms with Crippen LogP contribution in [-0.4, -0.2) is 24.7 Å². The molecule has 0 spiro atoms. The Kier molecular flexibility index (Phi) is 9.23. The van der Waals surface area contributed by atoms with Crippen LogP contribution >= 0.6 is 0 Å². The van der Waals surface area contributed by atoms with E-state index >= 15 is 0 Å². The van der Waals surface area contributed by atoms with Crippen molar-refractivity contribution in [1.82, 2.24) is 10.3 Å². The fourth-order valence-electron chi connectivity index (χ4n) is 4.22. The zero-order valence-corrected chi connectivity index (χ0v) is 19.4. The van der Waals surface area contributed by atoms with Crippen LogP contribution in [0, 0.1) is 5.92 Å². The lowest BCUT2D eigenvalue weighted by Crippen LogP contribution is -2.16. The number of aromatic amines is 1. The topological polar surface area (TPSA) is 37.0 Å². The molecule has 1 aliphatic carbocycles. The normalized spacial score (nSPS) is 23.3. The molecule has 3 nitrogen and oxygen atoms in total. The first-order valence-corrected chi connectivity index (χ1v) is 12.0. The quantitative estimate of drug-likeness (QED) is 0.550. The van der Waals surface area contributed by atoms with Gasteiger partial charge in [0.15, 0.2) is 0 Å². The Hall–Kier alpha value is -2.52. The van der Waals surface area contributed by atoms with Crippen molar-refractivity contribution in [2.45, 2.75) is 52.9 Å². The van der Waals surface area contributed by atoms with Crippen LogP contribution < -0.4 is 5.32 Å². The van der Waals surface area contributed by atoms with Crippen LogP contribution in [-0.2, 0) is 24.0 Å². The van der Waals surface area contributed by atoms with E-state index in [2.05, 4.69) is 78.0 Å². The molecule has 1 aromatic heterocycles. The maximum Gasteiger partial charge on any atom is 0.115 e. The van der Waals surface area contributed by atoms with Gasteiger partial charge in [0.1, 0.15) is 5.76 Å². The first-order chi connectivity index (χ1) is 15.3. The highest BCUT2D eigenvalue weighted by Crippen LogP contribution is 2.28. The van der Waals surface area contributed by atoms with Crippen LogP contribution in [0.1, 0.15) is 50.4 Å². The number of hydrogen-bond donors (Lipinski definition) is 2. The number of benzene rings is 1. The van der Waals surface area contributed by atoms with Crippen molar-refractivity contribution in [2.24, 2.45) is 5.92 Å². The van der Waals surface area contributed by atoms with Crippen molar-refractivity contribution in [3.8, 4) is 0 Å². The fraction of sp³-hybridized carbons (Fsp3) is 0.429. The zero-order valence-electron chi connectivity index (χ0n) is 19.4. The van der Waals surface area contributed by atoms with Crippen LogP contribution in [0.25, 0.3) is 10.9 Å². The number of aryl methyl sites for hydroxylation is 1.